The molecule has 0 atom stereocenters. The standard InChI is InChI=1S/C11H12N4O2/c1-14(2)11(16)17-10-5-3-9(4-6-10)15-8-12-7-13-15/h3-8H,1-2H3. The van der Waals surface area contributed by atoms with Crippen LogP contribution in [0, 0.1) is 0 Å². The van der Waals surface area contributed by atoms with Crippen LogP contribution in [0.1, 0.15) is 0 Å². The number of aromatic nitrogens is 3. The van der Waals surface area contributed by atoms with Crippen LogP contribution in [0.4, 0.5) is 4.79 Å². The average molecular weight is 232 g/mol. The highest BCUT2D eigenvalue weighted by Gasteiger charge is 2.06. The molecule has 1 heterocycles. The minimum Gasteiger partial charge on any atom is -0.410 e. The summed E-state index contributed by atoms with van der Waals surface area (Å²) in [6.07, 6.45) is 2.65. The normalized spacial score (nSPS) is 10.0. The Morgan fingerprint density at radius 1 is 1.29 bits per heavy atom. The van der Waals surface area contributed by atoms with Gasteiger partial charge >= 0.3 is 6.09 Å². The van der Waals surface area contributed by atoms with Crippen molar-refractivity contribution in [2.24, 2.45) is 0 Å². The summed E-state index contributed by atoms with van der Waals surface area (Å²) in [7, 11) is 3.26. The summed E-state index contributed by atoms with van der Waals surface area (Å²) in [4.78, 5) is 16.5. The highest BCUT2D eigenvalue weighted by Crippen LogP contribution is 2.14. The highest BCUT2D eigenvalue weighted by atomic mass is 16.6. The zero-order chi connectivity index (χ0) is 12.3. The van der Waals surface area contributed by atoms with E-state index in [1.165, 1.54) is 11.2 Å². The summed E-state index contributed by atoms with van der Waals surface area (Å²) in [5.41, 5.74) is 0.854. The smallest absolute Gasteiger partial charge is 0.410 e. The number of carbonyl (C=O) groups excluding carboxylic acids is 1. The molecule has 1 amide bonds. The predicted octanol–water partition coefficient (Wildman–Crippen LogP) is 1.33. The molecule has 88 valence electrons. The van der Waals surface area contributed by atoms with Crippen molar-refractivity contribution in [1.29, 1.82) is 0 Å². The molecule has 17 heavy (non-hydrogen) atoms. The summed E-state index contributed by atoms with van der Waals surface area (Å²) in [5, 5.41) is 3.99. The molecular weight excluding hydrogens is 220 g/mol. The maximum atomic E-state index is 11.3. The van der Waals surface area contributed by atoms with Crippen LogP contribution in [0.5, 0.6) is 5.75 Å². The van der Waals surface area contributed by atoms with E-state index in [4.69, 9.17) is 4.74 Å². The van der Waals surface area contributed by atoms with E-state index in [9.17, 15) is 4.79 Å². The average Bonchev–Trinajstić information content (AvgIpc) is 2.83. The van der Waals surface area contributed by atoms with Crippen molar-refractivity contribution in [3.8, 4) is 11.4 Å². The van der Waals surface area contributed by atoms with Crippen molar-refractivity contribution in [2.75, 3.05) is 14.1 Å². The number of hydrogen-bond acceptors (Lipinski definition) is 4. The molecule has 6 heteroatoms. The van der Waals surface area contributed by atoms with Crippen molar-refractivity contribution in [2.45, 2.75) is 0 Å². The van der Waals surface area contributed by atoms with Gasteiger partial charge in [0.1, 0.15) is 18.4 Å². The summed E-state index contributed by atoms with van der Waals surface area (Å²) in [6, 6.07) is 7.01. The number of ether oxygens (including phenoxy) is 1. The van der Waals surface area contributed by atoms with Gasteiger partial charge in [-0.25, -0.2) is 14.5 Å². The van der Waals surface area contributed by atoms with E-state index in [-0.39, 0.29) is 0 Å². The molecule has 0 saturated heterocycles. The maximum Gasteiger partial charge on any atom is 0.414 e. The zero-order valence-electron chi connectivity index (χ0n) is 9.57. The molecule has 0 aliphatic carbocycles. The van der Waals surface area contributed by atoms with Gasteiger partial charge in [-0.3, -0.25) is 0 Å². The number of benzene rings is 1. The van der Waals surface area contributed by atoms with Crippen molar-refractivity contribution in [1.82, 2.24) is 19.7 Å². The molecule has 0 spiro atoms. The number of carbonyl (C=O) groups is 1. The molecule has 0 N–H and O–H groups in total. The lowest BCUT2D eigenvalue weighted by Gasteiger charge is -2.10. The minimum absolute atomic E-state index is 0.404. The predicted molar refractivity (Wildman–Crippen MR) is 61.1 cm³/mol. The number of amides is 1. The van der Waals surface area contributed by atoms with Crippen molar-refractivity contribution < 1.29 is 9.53 Å². The van der Waals surface area contributed by atoms with Gasteiger partial charge in [-0.15, -0.1) is 0 Å². The fourth-order valence-corrected chi connectivity index (χ4v) is 1.20. The van der Waals surface area contributed by atoms with E-state index in [0.717, 1.165) is 5.69 Å². The van der Waals surface area contributed by atoms with E-state index >= 15 is 0 Å². The second-order valence-corrected chi connectivity index (χ2v) is 3.60. The lowest BCUT2D eigenvalue weighted by Crippen LogP contribution is -2.25. The van der Waals surface area contributed by atoms with Gasteiger partial charge in [0.25, 0.3) is 0 Å². The monoisotopic (exact) mass is 232 g/mol. The molecule has 0 aliphatic rings. The quantitative estimate of drug-likeness (QED) is 0.783. The van der Waals surface area contributed by atoms with Crippen LogP contribution in [-0.4, -0.2) is 39.9 Å². The molecule has 0 fully saturated rings. The number of hydrogen-bond donors (Lipinski definition) is 0. The molecule has 2 rings (SSSR count). The Balaban J connectivity index is 2.11. The van der Waals surface area contributed by atoms with Crippen LogP contribution in [0.15, 0.2) is 36.9 Å². The third kappa shape index (κ3) is 2.60. The SMILES string of the molecule is CN(C)C(=O)Oc1ccc(-n2cncn2)cc1. The molecule has 1 aromatic heterocycles. The summed E-state index contributed by atoms with van der Waals surface area (Å²) in [6.45, 7) is 0. The Bertz CT molecular complexity index is 491. The van der Waals surface area contributed by atoms with Crippen molar-refractivity contribution in [3.63, 3.8) is 0 Å². The van der Waals surface area contributed by atoms with Gasteiger partial charge in [-0.2, -0.15) is 5.10 Å². The number of nitrogens with zero attached hydrogens (tertiary/aromatic N) is 4. The van der Waals surface area contributed by atoms with Crippen LogP contribution in [0.3, 0.4) is 0 Å². The van der Waals surface area contributed by atoms with Crippen molar-refractivity contribution >= 4 is 6.09 Å². The Labute approximate surface area is 98.4 Å². The van der Waals surface area contributed by atoms with Crippen LogP contribution in [-0.2, 0) is 0 Å². The molecule has 0 bridgehead atoms. The molecule has 0 radical (unpaired) electrons. The molecule has 0 aliphatic heterocycles. The molecule has 6 nitrogen and oxygen atoms in total. The Hall–Kier alpha value is -2.37. The highest BCUT2D eigenvalue weighted by molar-refractivity contribution is 5.70. The van der Waals surface area contributed by atoms with E-state index in [0.29, 0.717) is 5.75 Å². The Morgan fingerprint density at radius 2 is 2.00 bits per heavy atom. The minimum atomic E-state index is -0.404. The zero-order valence-corrected chi connectivity index (χ0v) is 9.57. The molecule has 2 aromatic rings. The fourth-order valence-electron chi connectivity index (χ4n) is 1.20. The van der Waals surface area contributed by atoms with Crippen LogP contribution in [0.25, 0.3) is 5.69 Å². The fraction of sp³-hybridized carbons (Fsp3) is 0.182. The first-order valence-electron chi connectivity index (χ1n) is 5.01. The summed E-state index contributed by atoms with van der Waals surface area (Å²) in [5.74, 6) is 0.493. The Morgan fingerprint density at radius 3 is 2.53 bits per heavy atom. The first kappa shape index (κ1) is 11.1. The first-order valence-corrected chi connectivity index (χ1v) is 5.01. The lowest BCUT2D eigenvalue weighted by molar-refractivity contribution is 0.172. The van der Waals surface area contributed by atoms with E-state index in [1.807, 2.05) is 0 Å². The third-order valence-electron chi connectivity index (χ3n) is 2.09. The van der Waals surface area contributed by atoms with E-state index in [2.05, 4.69) is 10.1 Å². The van der Waals surface area contributed by atoms with Gasteiger partial charge in [0.05, 0.1) is 5.69 Å². The van der Waals surface area contributed by atoms with Gasteiger partial charge in [0.2, 0.25) is 0 Å². The van der Waals surface area contributed by atoms with Crippen LogP contribution >= 0.6 is 0 Å². The van der Waals surface area contributed by atoms with E-state index < -0.39 is 6.09 Å². The van der Waals surface area contributed by atoms with Gasteiger partial charge in [-0.1, -0.05) is 0 Å². The lowest BCUT2D eigenvalue weighted by atomic mass is 10.3. The topological polar surface area (TPSA) is 60.2 Å². The molecule has 0 saturated carbocycles. The molecule has 0 unspecified atom stereocenters. The van der Waals surface area contributed by atoms with Gasteiger partial charge in [-0.05, 0) is 24.3 Å². The maximum absolute atomic E-state index is 11.3. The van der Waals surface area contributed by atoms with Crippen molar-refractivity contribution in [3.05, 3.63) is 36.9 Å². The first-order chi connectivity index (χ1) is 8.16. The number of rotatable bonds is 2. The summed E-state index contributed by atoms with van der Waals surface area (Å²) >= 11 is 0. The van der Waals surface area contributed by atoms with Crippen LogP contribution < -0.4 is 4.74 Å². The third-order valence-corrected chi connectivity index (χ3v) is 2.09. The second-order valence-electron chi connectivity index (χ2n) is 3.60. The Kier molecular flexibility index (Phi) is 3.04. The molecule has 1 aromatic carbocycles. The van der Waals surface area contributed by atoms with Crippen LogP contribution in [0.2, 0.25) is 0 Å². The second kappa shape index (κ2) is 4.65. The largest absolute Gasteiger partial charge is 0.414 e. The van der Waals surface area contributed by atoms with E-state index in [1.54, 1.807) is 49.4 Å². The summed E-state index contributed by atoms with van der Waals surface area (Å²) < 4.78 is 6.71. The van der Waals surface area contributed by atoms with Gasteiger partial charge in [0, 0.05) is 14.1 Å². The van der Waals surface area contributed by atoms with Gasteiger partial charge < -0.3 is 9.64 Å². The van der Waals surface area contributed by atoms with Gasteiger partial charge in [0.15, 0.2) is 0 Å². The molecular formula is C11H12N4O2.